The smallest absolute Gasteiger partial charge is 0.246 e. The molecule has 0 spiro atoms. The summed E-state index contributed by atoms with van der Waals surface area (Å²) in [6.45, 7) is 0. The molecule has 0 unspecified atom stereocenters. The van der Waals surface area contributed by atoms with Crippen LogP contribution < -0.4 is 4.74 Å². The van der Waals surface area contributed by atoms with E-state index in [-0.39, 0.29) is 17.4 Å². The molecule has 0 saturated carbocycles. The van der Waals surface area contributed by atoms with Gasteiger partial charge in [0.25, 0.3) is 0 Å². The molecular weight excluding hydrogens is 746 g/mol. The topological polar surface area (TPSA) is 138 Å². The van der Waals surface area contributed by atoms with Crippen LogP contribution in [-0.4, -0.2) is 45.4 Å². The standard InChI is InChI=1S/C22H15FN4O.C14H10ClN3.C8H6FNO/c23-21-17-9-12-25-18(17)5-6-20(21)28-22-16-4-2-1-3-15(16)19(26-27-22)13-14-7-10-24-11-8-14;15-14-12-4-2-1-3-11(12)13(17-18-14)9-10-5-7-16-8-6-10;9-8-5-3-4-10-6(5)1-2-7(8)11/h1-12,25H,13H2;1-8H,9H2;1-4,10-11H. The van der Waals surface area contributed by atoms with E-state index in [9.17, 15) is 8.78 Å². The zero-order chi connectivity index (χ0) is 39.1. The number of H-pyrrole nitrogens is 2. The molecule has 4 aromatic carbocycles. The van der Waals surface area contributed by atoms with Gasteiger partial charge in [-0.1, -0.05) is 54.1 Å². The lowest BCUT2D eigenvalue weighted by atomic mass is 10.1. The van der Waals surface area contributed by atoms with Crippen molar-refractivity contribution in [3.05, 3.63) is 186 Å². The third-order valence-corrected chi connectivity index (χ3v) is 9.46. The Labute approximate surface area is 328 Å². The molecule has 0 aliphatic carbocycles. The Morgan fingerprint density at radius 3 is 1.65 bits per heavy atom. The van der Waals surface area contributed by atoms with Crippen LogP contribution in [0.2, 0.25) is 5.15 Å². The Kier molecular flexibility index (Phi) is 10.7. The summed E-state index contributed by atoms with van der Waals surface area (Å²) >= 11 is 6.05. The first kappa shape index (κ1) is 36.7. The monoisotopic (exact) mass is 776 g/mol. The summed E-state index contributed by atoms with van der Waals surface area (Å²) in [7, 11) is 0. The number of hydrogen-bond acceptors (Lipinski definition) is 8. The highest BCUT2D eigenvalue weighted by Gasteiger charge is 2.15. The van der Waals surface area contributed by atoms with Gasteiger partial charge < -0.3 is 19.8 Å². The van der Waals surface area contributed by atoms with E-state index in [1.54, 1.807) is 67.5 Å². The number of benzene rings is 4. The second-order valence-corrected chi connectivity index (χ2v) is 13.2. The second kappa shape index (κ2) is 16.6. The van der Waals surface area contributed by atoms with E-state index in [1.807, 2.05) is 72.8 Å². The van der Waals surface area contributed by atoms with Crippen LogP contribution >= 0.6 is 11.6 Å². The van der Waals surface area contributed by atoms with Crippen molar-refractivity contribution in [2.45, 2.75) is 12.8 Å². The number of ether oxygens (including phenoxy) is 1. The molecule has 57 heavy (non-hydrogen) atoms. The van der Waals surface area contributed by atoms with Gasteiger partial charge >= 0.3 is 0 Å². The zero-order valence-corrected chi connectivity index (χ0v) is 30.7. The number of nitrogens with one attached hydrogen (secondary N) is 2. The van der Waals surface area contributed by atoms with Crippen molar-refractivity contribution in [3.63, 3.8) is 0 Å². The third-order valence-electron chi connectivity index (χ3n) is 9.18. The van der Waals surface area contributed by atoms with Crippen LogP contribution in [0.1, 0.15) is 22.5 Å². The van der Waals surface area contributed by atoms with Crippen molar-refractivity contribution in [1.29, 1.82) is 0 Å². The van der Waals surface area contributed by atoms with Crippen LogP contribution in [0.5, 0.6) is 17.4 Å². The summed E-state index contributed by atoms with van der Waals surface area (Å²) < 4.78 is 33.6. The van der Waals surface area contributed by atoms with E-state index in [2.05, 4.69) is 40.3 Å². The molecular formula is C44H31ClF2N8O2. The predicted molar refractivity (Wildman–Crippen MR) is 216 cm³/mol. The molecule has 0 bridgehead atoms. The summed E-state index contributed by atoms with van der Waals surface area (Å²) in [5.41, 5.74) is 5.42. The maximum Gasteiger partial charge on any atom is 0.246 e. The van der Waals surface area contributed by atoms with Crippen LogP contribution in [-0.2, 0) is 12.8 Å². The molecule has 3 N–H and O–H groups in total. The average Bonchev–Trinajstić information content (AvgIpc) is 3.95. The average molecular weight is 777 g/mol. The highest BCUT2D eigenvalue weighted by molar-refractivity contribution is 6.34. The van der Waals surface area contributed by atoms with Gasteiger partial charge in [0.1, 0.15) is 0 Å². The summed E-state index contributed by atoms with van der Waals surface area (Å²) in [6.07, 6.45) is 11.7. The van der Waals surface area contributed by atoms with Crippen LogP contribution in [0, 0.1) is 11.6 Å². The minimum absolute atomic E-state index is 0.119. The Morgan fingerprint density at radius 1 is 0.526 bits per heavy atom. The molecule has 10 nitrogen and oxygen atoms in total. The van der Waals surface area contributed by atoms with Crippen LogP contribution in [0.15, 0.2) is 146 Å². The van der Waals surface area contributed by atoms with Gasteiger partial charge in [0, 0.05) is 93.4 Å². The summed E-state index contributed by atoms with van der Waals surface area (Å²) in [4.78, 5) is 13.9. The van der Waals surface area contributed by atoms with Gasteiger partial charge in [-0.25, -0.2) is 8.78 Å². The number of phenols is 1. The molecule has 0 radical (unpaired) electrons. The molecule has 0 aliphatic heterocycles. The van der Waals surface area contributed by atoms with E-state index in [4.69, 9.17) is 21.4 Å². The Hall–Kier alpha value is -7.31. The molecule has 0 saturated heterocycles. The van der Waals surface area contributed by atoms with Crippen LogP contribution in [0.25, 0.3) is 43.4 Å². The van der Waals surface area contributed by atoms with Gasteiger partial charge in [0.05, 0.1) is 11.4 Å². The molecule has 0 amide bonds. The highest BCUT2D eigenvalue weighted by Crippen LogP contribution is 2.33. The molecule has 0 atom stereocenters. The number of aromatic amines is 2. The number of fused-ring (bicyclic) bond motifs is 4. The van der Waals surface area contributed by atoms with Crippen molar-refractivity contribution < 1.29 is 18.6 Å². The molecule has 0 fully saturated rings. The van der Waals surface area contributed by atoms with Crippen molar-refractivity contribution >= 4 is 55.0 Å². The number of pyridine rings is 2. The van der Waals surface area contributed by atoms with E-state index in [0.717, 1.165) is 50.5 Å². The molecule has 10 aromatic rings. The summed E-state index contributed by atoms with van der Waals surface area (Å²) in [5, 5.41) is 30.8. The van der Waals surface area contributed by atoms with Crippen molar-refractivity contribution in [2.75, 3.05) is 0 Å². The number of rotatable bonds is 6. The van der Waals surface area contributed by atoms with E-state index < -0.39 is 11.6 Å². The lowest BCUT2D eigenvalue weighted by Gasteiger charge is -2.11. The van der Waals surface area contributed by atoms with E-state index in [0.29, 0.717) is 33.4 Å². The number of hydrogen-bond donors (Lipinski definition) is 3. The molecule has 13 heteroatoms. The number of halogens is 3. The van der Waals surface area contributed by atoms with Gasteiger partial charge in [-0.05, 0) is 77.9 Å². The van der Waals surface area contributed by atoms with Gasteiger partial charge in [0.15, 0.2) is 28.3 Å². The fraction of sp³-hybridized carbons (Fsp3) is 0.0455. The maximum absolute atomic E-state index is 14.8. The molecule has 10 rings (SSSR count). The lowest BCUT2D eigenvalue weighted by Crippen LogP contribution is -2.00. The fourth-order valence-corrected chi connectivity index (χ4v) is 6.53. The quantitative estimate of drug-likeness (QED) is 0.152. The van der Waals surface area contributed by atoms with Gasteiger partial charge in [0.2, 0.25) is 5.88 Å². The lowest BCUT2D eigenvalue weighted by molar-refractivity contribution is 0.429. The largest absolute Gasteiger partial charge is 0.505 e. The van der Waals surface area contributed by atoms with Crippen molar-refractivity contribution in [1.82, 2.24) is 40.3 Å². The zero-order valence-electron chi connectivity index (χ0n) is 29.9. The number of aromatic nitrogens is 8. The Morgan fingerprint density at radius 2 is 1.04 bits per heavy atom. The van der Waals surface area contributed by atoms with Gasteiger partial charge in [-0.15, -0.1) is 10.2 Å². The summed E-state index contributed by atoms with van der Waals surface area (Å²) in [5.74, 6) is -0.900. The second-order valence-electron chi connectivity index (χ2n) is 12.8. The first-order valence-corrected chi connectivity index (χ1v) is 18.1. The number of nitrogens with zero attached hydrogens (tertiary/aromatic N) is 6. The first-order valence-electron chi connectivity index (χ1n) is 17.7. The van der Waals surface area contributed by atoms with E-state index >= 15 is 0 Å². The normalized spacial score (nSPS) is 10.9. The highest BCUT2D eigenvalue weighted by atomic mass is 35.5. The van der Waals surface area contributed by atoms with Gasteiger partial charge in [-0.2, -0.15) is 10.2 Å². The number of aromatic hydroxyl groups is 1. The Balaban J connectivity index is 0.000000133. The minimum Gasteiger partial charge on any atom is -0.505 e. The minimum atomic E-state index is -0.566. The van der Waals surface area contributed by atoms with E-state index in [1.165, 1.54) is 6.07 Å². The number of phenolic OH excluding ortho intramolecular Hbond substituents is 1. The van der Waals surface area contributed by atoms with Crippen molar-refractivity contribution in [3.8, 4) is 17.4 Å². The fourth-order valence-electron chi connectivity index (χ4n) is 6.33. The predicted octanol–water partition coefficient (Wildman–Crippen LogP) is 10.3. The van der Waals surface area contributed by atoms with Crippen LogP contribution in [0.4, 0.5) is 8.78 Å². The third kappa shape index (κ3) is 8.07. The first-order chi connectivity index (χ1) is 27.9. The van der Waals surface area contributed by atoms with Gasteiger partial charge in [-0.3, -0.25) is 9.97 Å². The molecule has 6 heterocycles. The van der Waals surface area contributed by atoms with Crippen molar-refractivity contribution in [2.24, 2.45) is 0 Å². The van der Waals surface area contributed by atoms with Crippen LogP contribution in [0.3, 0.4) is 0 Å². The SMILES string of the molecule is Clc1nnc(Cc2ccncc2)c2ccccc12.Fc1c(Oc2nnc(Cc3ccncc3)c3ccccc23)ccc2[nH]ccc12.Oc1ccc2[nH]ccc2c1F. The Bertz CT molecular complexity index is 2960. The molecule has 0 aliphatic rings. The summed E-state index contributed by atoms with van der Waals surface area (Å²) in [6, 6.07) is 33.1. The molecule has 6 aromatic heterocycles. The molecule has 280 valence electrons. The maximum atomic E-state index is 14.8.